The fraction of sp³-hybridized carbons (Fsp3) is 0.242. The molecule has 4 heterocycles. The van der Waals surface area contributed by atoms with Crippen LogP contribution in [0.2, 0.25) is 0 Å². The zero-order valence-electron chi connectivity index (χ0n) is 42.6. The summed E-state index contributed by atoms with van der Waals surface area (Å²) in [7, 11) is 0. The predicted octanol–water partition coefficient (Wildman–Crippen LogP) is 19.2. The van der Waals surface area contributed by atoms with Gasteiger partial charge in [0.25, 0.3) is 0 Å². The fourth-order valence-electron chi connectivity index (χ4n) is 11.3. The quantitative estimate of drug-likeness (QED) is 0.173. The summed E-state index contributed by atoms with van der Waals surface area (Å²) in [5, 5.41) is 14.2. The Bertz CT molecular complexity index is 3960. The van der Waals surface area contributed by atoms with Crippen molar-refractivity contribution in [1.29, 1.82) is 0 Å². The molecule has 0 bridgehead atoms. The Morgan fingerprint density at radius 3 is 0.871 bits per heavy atom. The molecular formula is C66H60N2O2. The molecule has 0 amide bonds. The van der Waals surface area contributed by atoms with Crippen molar-refractivity contribution in [1.82, 2.24) is 9.13 Å². The first-order chi connectivity index (χ1) is 33.2. The molecular weight excluding hydrogens is 853 g/mol. The molecule has 13 aromatic rings. The van der Waals surface area contributed by atoms with Crippen LogP contribution in [0.1, 0.15) is 105 Å². The summed E-state index contributed by atoms with van der Waals surface area (Å²) in [5.74, 6) is 0. The summed E-state index contributed by atoms with van der Waals surface area (Å²) >= 11 is 0. The minimum atomic E-state index is 0.0465. The average molecular weight is 913 g/mol. The molecule has 0 aliphatic rings. The van der Waals surface area contributed by atoms with Crippen LogP contribution in [0.5, 0.6) is 0 Å². The Morgan fingerprint density at radius 2 is 0.557 bits per heavy atom. The van der Waals surface area contributed by atoms with E-state index < -0.39 is 0 Å². The molecule has 0 saturated heterocycles. The molecule has 0 aliphatic carbocycles. The van der Waals surface area contributed by atoms with Crippen LogP contribution in [0.3, 0.4) is 0 Å². The van der Waals surface area contributed by atoms with E-state index in [0.717, 1.165) is 66.0 Å². The van der Waals surface area contributed by atoms with Crippen molar-refractivity contribution in [2.75, 3.05) is 0 Å². The molecule has 0 unspecified atom stereocenters. The van der Waals surface area contributed by atoms with E-state index >= 15 is 0 Å². The second-order valence-corrected chi connectivity index (χ2v) is 24.4. The van der Waals surface area contributed by atoms with E-state index in [1.165, 1.54) is 76.6 Å². The maximum atomic E-state index is 6.71. The fourth-order valence-corrected chi connectivity index (χ4v) is 11.3. The second-order valence-electron chi connectivity index (χ2n) is 24.4. The highest BCUT2D eigenvalue weighted by Crippen LogP contribution is 2.43. The van der Waals surface area contributed by atoms with E-state index in [-0.39, 0.29) is 21.7 Å². The lowest BCUT2D eigenvalue weighted by Crippen LogP contribution is -2.10. The molecule has 4 aromatic heterocycles. The van der Waals surface area contributed by atoms with Crippen LogP contribution in [0.15, 0.2) is 154 Å². The monoisotopic (exact) mass is 912 g/mol. The molecule has 9 aromatic carbocycles. The summed E-state index contributed by atoms with van der Waals surface area (Å²) in [6.45, 7) is 27.5. The first kappa shape index (κ1) is 42.8. The summed E-state index contributed by atoms with van der Waals surface area (Å²) in [6.07, 6.45) is 0. The molecule has 0 saturated carbocycles. The lowest BCUT2D eigenvalue weighted by molar-refractivity contribution is 0.590. The standard InChI is InChI=1S/C66H60N2O2/c1-63(2,3)41-15-21-55-47(31-41)48-32-42(64(4,5)6)16-22-56(48)67(55)45-19-13-37-27-51-53-35-54-52-28-38-14-20-46(26-40(38)30-60(52)70-62(54)36-61(53)69-59(51)29-39(37)25-45)68-57-23-17-43(65(7,8)9)33-49(57)50-34-44(66(10,11)12)18-24-58(50)68/h13-36H,1-12H3. The third-order valence-electron chi connectivity index (χ3n) is 15.5. The van der Waals surface area contributed by atoms with Gasteiger partial charge in [-0.25, -0.2) is 0 Å². The SMILES string of the molecule is CC(C)(C)c1ccc2c(c1)c1cc(C(C)(C)C)ccc1n2-c1ccc2cc3c(cc2c1)oc1cc2oc4cc5cc(-n6c7ccc(C(C)(C)C)cc7c7cc(C(C)(C)C)ccc76)ccc5cc4c2cc13. The van der Waals surface area contributed by atoms with Gasteiger partial charge in [-0.3, -0.25) is 0 Å². The molecule has 13 rings (SSSR count). The maximum absolute atomic E-state index is 6.71. The van der Waals surface area contributed by atoms with E-state index in [1.54, 1.807) is 0 Å². The first-order valence-corrected chi connectivity index (χ1v) is 25.1. The van der Waals surface area contributed by atoms with Crippen molar-refractivity contribution in [3.8, 4) is 11.4 Å². The van der Waals surface area contributed by atoms with E-state index in [2.05, 4.69) is 238 Å². The zero-order chi connectivity index (χ0) is 48.6. The summed E-state index contributed by atoms with van der Waals surface area (Å²) < 4.78 is 18.3. The number of furan rings is 2. The van der Waals surface area contributed by atoms with Gasteiger partial charge in [0.1, 0.15) is 22.3 Å². The van der Waals surface area contributed by atoms with Crippen molar-refractivity contribution < 1.29 is 8.83 Å². The molecule has 0 fully saturated rings. The van der Waals surface area contributed by atoms with E-state index in [0.29, 0.717) is 0 Å². The molecule has 0 atom stereocenters. The van der Waals surface area contributed by atoms with Gasteiger partial charge in [0.05, 0.1) is 22.1 Å². The van der Waals surface area contributed by atoms with Gasteiger partial charge < -0.3 is 18.0 Å². The van der Waals surface area contributed by atoms with Crippen molar-refractivity contribution >= 4 is 109 Å². The van der Waals surface area contributed by atoms with E-state index in [4.69, 9.17) is 8.83 Å². The van der Waals surface area contributed by atoms with Crippen LogP contribution in [0.4, 0.5) is 0 Å². The number of hydrogen-bond acceptors (Lipinski definition) is 2. The number of fused-ring (bicyclic) bond motifs is 14. The van der Waals surface area contributed by atoms with Gasteiger partial charge in [0.15, 0.2) is 0 Å². The normalized spacial score (nSPS) is 13.4. The lowest BCUT2D eigenvalue weighted by Gasteiger charge is -2.19. The molecule has 0 aliphatic heterocycles. The van der Waals surface area contributed by atoms with Gasteiger partial charge in [0, 0.05) is 60.5 Å². The van der Waals surface area contributed by atoms with Crippen LogP contribution in [0, 0.1) is 0 Å². The number of benzene rings is 9. The van der Waals surface area contributed by atoms with Crippen LogP contribution in [-0.4, -0.2) is 9.13 Å². The first-order valence-electron chi connectivity index (χ1n) is 25.1. The van der Waals surface area contributed by atoms with Crippen LogP contribution in [0.25, 0.3) is 120 Å². The summed E-state index contributed by atoms with van der Waals surface area (Å²) in [4.78, 5) is 0. The Morgan fingerprint density at radius 1 is 0.257 bits per heavy atom. The van der Waals surface area contributed by atoms with Crippen LogP contribution < -0.4 is 0 Å². The van der Waals surface area contributed by atoms with Gasteiger partial charge in [-0.15, -0.1) is 0 Å². The highest BCUT2D eigenvalue weighted by molar-refractivity contribution is 6.19. The Kier molecular flexibility index (Phi) is 8.65. The minimum Gasteiger partial charge on any atom is -0.456 e. The number of nitrogens with zero attached hydrogens (tertiary/aromatic N) is 2. The van der Waals surface area contributed by atoms with Gasteiger partial charge in [0.2, 0.25) is 0 Å². The van der Waals surface area contributed by atoms with Gasteiger partial charge in [-0.1, -0.05) is 119 Å². The van der Waals surface area contributed by atoms with Gasteiger partial charge >= 0.3 is 0 Å². The largest absolute Gasteiger partial charge is 0.456 e. The smallest absolute Gasteiger partial charge is 0.139 e. The number of hydrogen-bond donors (Lipinski definition) is 0. The highest BCUT2D eigenvalue weighted by Gasteiger charge is 2.24. The van der Waals surface area contributed by atoms with E-state index in [1.807, 2.05) is 0 Å². The molecule has 0 spiro atoms. The highest BCUT2D eigenvalue weighted by atomic mass is 16.3. The topological polar surface area (TPSA) is 36.1 Å². The van der Waals surface area contributed by atoms with Crippen LogP contribution in [-0.2, 0) is 21.7 Å². The van der Waals surface area contributed by atoms with Crippen molar-refractivity contribution in [3.05, 3.63) is 168 Å². The molecule has 0 radical (unpaired) electrons. The molecule has 4 nitrogen and oxygen atoms in total. The van der Waals surface area contributed by atoms with Crippen LogP contribution >= 0.6 is 0 Å². The maximum Gasteiger partial charge on any atom is 0.139 e. The molecule has 4 heteroatoms. The second kappa shape index (κ2) is 14.2. The number of aromatic nitrogens is 2. The summed E-state index contributed by atoms with van der Waals surface area (Å²) in [6, 6.07) is 55.2. The predicted molar refractivity (Wildman–Crippen MR) is 299 cm³/mol. The third kappa shape index (κ3) is 6.48. The zero-order valence-corrected chi connectivity index (χ0v) is 42.6. The van der Waals surface area contributed by atoms with Gasteiger partial charge in [-0.2, -0.15) is 0 Å². The molecule has 70 heavy (non-hydrogen) atoms. The Hall–Kier alpha value is -7.30. The Balaban J connectivity index is 0.914. The lowest BCUT2D eigenvalue weighted by atomic mass is 9.85. The molecule has 0 N–H and O–H groups in total. The van der Waals surface area contributed by atoms with Crippen molar-refractivity contribution in [2.45, 2.75) is 105 Å². The third-order valence-corrected chi connectivity index (χ3v) is 15.5. The molecule has 346 valence electrons. The average Bonchev–Trinajstić information content (AvgIpc) is 4.03. The summed E-state index contributed by atoms with van der Waals surface area (Å²) in [5.41, 5.74) is 16.1. The minimum absolute atomic E-state index is 0.0465. The van der Waals surface area contributed by atoms with Crippen molar-refractivity contribution in [3.63, 3.8) is 0 Å². The van der Waals surface area contributed by atoms with Gasteiger partial charge in [-0.05, 0) is 169 Å². The Labute approximate surface area is 409 Å². The van der Waals surface area contributed by atoms with Crippen molar-refractivity contribution in [2.24, 2.45) is 0 Å². The number of rotatable bonds is 2. The van der Waals surface area contributed by atoms with E-state index in [9.17, 15) is 0 Å².